The van der Waals surface area contributed by atoms with Crippen molar-refractivity contribution in [3.05, 3.63) is 24.3 Å². The Morgan fingerprint density at radius 1 is 1.47 bits per heavy atom. The molecule has 1 aliphatic rings. The van der Waals surface area contributed by atoms with Gasteiger partial charge in [0.25, 0.3) is 0 Å². The zero-order valence-corrected chi connectivity index (χ0v) is 9.87. The molecule has 2 unspecified atom stereocenters. The van der Waals surface area contributed by atoms with E-state index in [-0.39, 0.29) is 0 Å². The number of hydrogen-bond donors (Lipinski definition) is 4. The van der Waals surface area contributed by atoms with Crippen LogP contribution in [0.3, 0.4) is 0 Å². The second-order valence-electron chi connectivity index (χ2n) is 3.24. The van der Waals surface area contributed by atoms with E-state index in [1.807, 2.05) is 0 Å². The first-order chi connectivity index (χ1) is 6.79. The minimum atomic E-state index is -5.36. The monoisotopic (exact) mass is 277 g/mol. The molecule has 0 aliphatic heterocycles. The predicted molar refractivity (Wildman–Crippen MR) is 51.7 cm³/mol. The molecule has 0 saturated heterocycles. The van der Waals surface area contributed by atoms with Crippen LogP contribution in [0.4, 0.5) is 0 Å². The zero-order valence-electron chi connectivity index (χ0n) is 7.99. The van der Waals surface area contributed by atoms with Gasteiger partial charge >= 0.3 is 88.9 Å². The molecule has 1 aliphatic carbocycles. The standard InChI is InChI=1S/C8H12AsNO5/c1-6(11)10-8(9(13,14)15)5-3-2-4-7(8)12/h2-5,7,12H,1H3,(H,10,11)(H2,13,14,15). The van der Waals surface area contributed by atoms with E-state index < -0.39 is 30.5 Å². The number of carbonyl (C=O) groups is 1. The van der Waals surface area contributed by atoms with E-state index in [2.05, 4.69) is 5.32 Å². The van der Waals surface area contributed by atoms with Gasteiger partial charge in [-0.1, -0.05) is 0 Å². The van der Waals surface area contributed by atoms with Gasteiger partial charge in [0, 0.05) is 0 Å². The molecule has 0 aromatic carbocycles. The number of rotatable bonds is 2. The molecule has 15 heavy (non-hydrogen) atoms. The van der Waals surface area contributed by atoms with Gasteiger partial charge in [-0.2, -0.15) is 0 Å². The SMILES string of the molecule is CC(=O)NC1([As](=O)(O)O)C=CC=CC1O. The van der Waals surface area contributed by atoms with Crippen molar-refractivity contribution in [2.24, 2.45) is 0 Å². The second-order valence-corrected chi connectivity index (χ2v) is 7.07. The summed E-state index contributed by atoms with van der Waals surface area (Å²) in [6.07, 6.45) is 3.75. The maximum absolute atomic E-state index is 11.3. The van der Waals surface area contributed by atoms with Crippen molar-refractivity contribution < 1.29 is 21.8 Å². The fraction of sp³-hybridized carbons (Fsp3) is 0.375. The molecular weight excluding hydrogens is 265 g/mol. The van der Waals surface area contributed by atoms with Crippen LogP contribution in [0.25, 0.3) is 0 Å². The fourth-order valence-corrected chi connectivity index (χ4v) is 3.48. The van der Waals surface area contributed by atoms with Crippen molar-refractivity contribution in [1.82, 2.24) is 5.32 Å². The normalized spacial score (nSPS) is 30.3. The van der Waals surface area contributed by atoms with Crippen LogP contribution >= 0.6 is 0 Å². The van der Waals surface area contributed by atoms with Gasteiger partial charge in [0.2, 0.25) is 0 Å². The van der Waals surface area contributed by atoms with E-state index in [1.54, 1.807) is 0 Å². The molecule has 1 rings (SSSR count). The summed E-state index contributed by atoms with van der Waals surface area (Å²) < 4.78 is 27.8. The Morgan fingerprint density at radius 3 is 2.47 bits per heavy atom. The maximum atomic E-state index is 11.3. The summed E-state index contributed by atoms with van der Waals surface area (Å²) in [5.41, 5.74) is 0. The van der Waals surface area contributed by atoms with Crippen molar-refractivity contribution in [3.8, 4) is 0 Å². The molecule has 7 heteroatoms. The quantitative estimate of drug-likeness (QED) is 0.447. The van der Waals surface area contributed by atoms with Gasteiger partial charge < -0.3 is 0 Å². The van der Waals surface area contributed by atoms with Crippen LogP contribution in [-0.4, -0.2) is 43.8 Å². The summed E-state index contributed by atoms with van der Waals surface area (Å²) in [4.78, 5) is 10.9. The van der Waals surface area contributed by atoms with Gasteiger partial charge in [-0.25, -0.2) is 0 Å². The molecule has 1 amide bonds. The van der Waals surface area contributed by atoms with Gasteiger partial charge in [-0.05, 0) is 0 Å². The van der Waals surface area contributed by atoms with E-state index in [0.717, 1.165) is 13.0 Å². The molecule has 0 bridgehead atoms. The number of hydrogen-bond acceptors (Lipinski definition) is 3. The molecule has 6 nitrogen and oxygen atoms in total. The van der Waals surface area contributed by atoms with Gasteiger partial charge in [-0.15, -0.1) is 0 Å². The van der Waals surface area contributed by atoms with Crippen molar-refractivity contribution in [3.63, 3.8) is 0 Å². The average Bonchev–Trinajstić information content (AvgIpc) is 2.06. The second kappa shape index (κ2) is 3.98. The van der Waals surface area contributed by atoms with Gasteiger partial charge in [0.1, 0.15) is 0 Å². The number of nitrogens with one attached hydrogen (secondary N) is 1. The van der Waals surface area contributed by atoms with Crippen LogP contribution < -0.4 is 5.32 Å². The number of aliphatic hydroxyl groups is 1. The minimum absolute atomic E-state index is 0.612. The summed E-state index contributed by atoms with van der Waals surface area (Å²) in [5, 5.41) is 11.7. The van der Waals surface area contributed by atoms with Crippen LogP contribution in [0.5, 0.6) is 0 Å². The van der Waals surface area contributed by atoms with Crippen molar-refractivity contribution >= 4 is 20.1 Å². The summed E-state index contributed by atoms with van der Waals surface area (Å²) in [5.74, 6) is -0.612. The predicted octanol–water partition coefficient (Wildman–Crippen LogP) is -1.76. The van der Waals surface area contributed by atoms with E-state index in [0.29, 0.717) is 0 Å². The molecule has 0 spiro atoms. The molecule has 0 heterocycles. The number of carbonyl (C=O) groups excluding carboxylic acids is 1. The number of aliphatic hydroxyl groups excluding tert-OH is 1. The molecule has 2 atom stereocenters. The first-order valence-corrected chi connectivity index (χ1v) is 7.56. The third-order valence-electron chi connectivity index (χ3n) is 2.06. The average molecular weight is 277 g/mol. The Bertz CT molecular complexity index is 371. The Morgan fingerprint density at radius 2 is 2.07 bits per heavy atom. The molecule has 0 fully saturated rings. The Labute approximate surface area is 89.3 Å². The molecule has 4 N–H and O–H groups in total. The molecule has 0 aromatic rings. The summed E-state index contributed by atoms with van der Waals surface area (Å²) in [7, 11) is 0. The summed E-state index contributed by atoms with van der Waals surface area (Å²) in [6, 6.07) is 0. The number of allylic oxidation sites excluding steroid dienone is 2. The molecule has 0 aromatic heterocycles. The fourth-order valence-electron chi connectivity index (χ4n) is 1.36. The summed E-state index contributed by atoms with van der Waals surface area (Å²) >= 11 is -5.36. The van der Waals surface area contributed by atoms with Crippen molar-refractivity contribution in [2.75, 3.05) is 0 Å². The van der Waals surface area contributed by atoms with E-state index >= 15 is 0 Å². The first-order valence-electron chi connectivity index (χ1n) is 4.18. The van der Waals surface area contributed by atoms with E-state index in [4.69, 9.17) is 0 Å². The van der Waals surface area contributed by atoms with Gasteiger partial charge in [0.05, 0.1) is 0 Å². The third kappa shape index (κ3) is 2.23. The van der Waals surface area contributed by atoms with Crippen LogP contribution in [0.15, 0.2) is 24.3 Å². The van der Waals surface area contributed by atoms with E-state index in [9.17, 15) is 21.8 Å². The van der Waals surface area contributed by atoms with Gasteiger partial charge in [0.15, 0.2) is 0 Å². The zero-order chi connectivity index (χ0) is 11.7. The van der Waals surface area contributed by atoms with Crippen LogP contribution in [0.1, 0.15) is 6.92 Å². The molecule has 0 saturated carbocycles. The molecule has 0 radical (unpaired) electrons. The van der Waals surface area contributed by atoms with Crippen LogP contribution in [-0.2, 0) is 8.53 Å². The first kappa shape index (κ1) is 12.3. The Balaban J connectivity index is 3.18. The van der Waals surface area contributed by atoms with Gasteiger partial charge in [-0.3, -0.25) is 0 Å². The van der Waals surface area contributed by atoms with Crippen LogP contribution in [0.2, 0.25) is 0 Å². The Hall–Kier alpha value is -0.812. The van der Waals surface area contributed by atoms with E-state index in [1.165, 1.54) is 18.2 Å². The Kier molecular flexibility index (Phi) is 3.25. The number of amides is 1. The van der Waals surface area contributed by atoms with Crippen molar-refractivity contribution in [2.45, 2.75) is 17.4 Å². The summed E-state index contributed by atoms with van der Waals surface area (Å²) in [6.45, 7) is 1.13. The van der Waals surface area contributed by atoms with Crippen molar-refractivity contribution in [1.29, 1.82) is 0 Å². The van der Waals surface area contributed by atoms with Crippen LogP contribution in [0, 0.1) is 0 Å². The topological polar surface area (TPSA) is 107 Å². The third-order valence-corrected chi connectivity index (χ3v) is 5.19. The molecule has 84 valence electrons. The molecular formula is C8H12AsNO5.